The Morgan fingerprint density at radius 1 is 1.29 bits per heavy atom. The van der Waals surface area contributed by atoms with E-state index in [0.717, 1.165) is 43.8 Å². The van der Waals surface area contributed by atoms with Crippen molar-refractivity contribution in [3.63, 3.8) is 0 Å². The third-order valence-electron chi connectivity index (χ3n) is 4.69. The zero-order valence-corrected chi connectivity index (χ0v) is 12.6. The van der Waals surface area contributed by atoms with E-state index in [-0.39, 0.29) is 11.9 Å². The Kier molecular flexibility index (Phi) is 4.76. The maximum atomic E-state index is 13.3. The molecule has 0 aromatic heterocycles. The molecule has 1 atom stereocenters. The van der Waals surface area contributed by atoms with Crippen LogP contribution in [0.15, 0.2) is 18.2 Å². The molecule has 0 amide bonds. The Bertz CT molecular complexity index is 474. The van der Waals surface area contributed by atoms with Crippen molar-refractivity contribution in [1.29, 1.82) is 0 Å². The highest BCUT2D eigenvalue weighted by atomic mass is 19.1. The number of rotatable bonds is 6. The van der Waals surface area contributed by atoms with Crippen molar-refractivity contribution in [1.82, 2.24) is 4.90 Å². The fraction of sp³-hybridized carbons (Fsp3) is 0.647. The smallest absolute Gasteiger partial charge is 0.123 e. The lowest BCUT2D eigenvalue weighted by Crippen LogP contribution is -2.41. The van der Waals surface area contributed by atoms with E-state index < -0.39 is 0 Å². The summed E-state index contributed by atoms with van der Waals surface area (Å²) in [4.78, 5) is 2.55. The Balaban J connectivity index is 1.61. The molecule has 1 saturated carbocycles. The summed E-state index contributed by atoms with van der Waals surface area (Å²) in [6.45, 7) is 2.72. The number of ether oxygens (including phenoxy) is 1. The van der Waals surface area contributed by atoms with E-state index in [4.69, 9.17) is 10.5 Å². The Labute approximate surface area is 126 Å². The van der Waals surface area contributed by atoms with Gasteiger partial charge in [-0.2, -0.15) is 0 Å². The summed E-state index contributed by atoms with van der Waals surface area (Å²) in [5, 5.41) is 0. The van der Waals surface area contributed by atoms with Crippen molar-refractivity contribution < 1.29 is 9.13 Å². The number of benzene rings is 1. The number of hydrogen-bond acceptors (Lipinski definition) is 3. The first-order valence-electron chi connectivity index (χ1n) is 8.15. The number of hydrogen-bond donors (Lipinski definition) is 1. The first-order valence-corrected chi connectivity index (χ1v) is 8.15. The van der Waals surface area contributed by atoms with Crippen LogP contribution in [-0.4, -0.2) is 36.7 Å². The molecule has 3 nitrogen and oxygen atoms in total. The van der Waals surface area contributed by atoms with E-state index in [1.807, 2.05) is 0 Å². The highest BCUT2D eigenvalue weighted by molar-refractivity contribution is 5.37. The zero-order chi connectivity index (χ0) is 14.7. The van der Waals surface area contributed by atoms with Crippen molar-refractivity contribution in [3.05, 3.63) is 29.6 Å². The van der Waals surface area contributed by atoms with Crippen LogP contribution < -0.4 is 10.5 Å². The van der Waals surface area contributed by atoms with E-state index in [9.17, 15) is 4.39 Å². The normalized spacial score (nSPS) is 21.8. The van der Waals surface area contributed by atoms with E-state index in [1.165, 1.54) is 31.7 Å². The van der Waals surface area contributed by atoms with Crippen molar-refractivity contribution in [3.8, 4) is 5.75 Å². The minimum atomic E-state index is -0.172. The van der Waals surface area contributed by atoms with Gasteiger partial charge in [0.05, 0.1) is 0 Å². The highest BCUT2D eigenvalue weighted by Crippen LogP contribution is 2.31. The standard InChI is InChI=1S/C17H25FN2O/c18-14-6-7-17-13(10-14)11-16(21-17)12-20(9-3-8-19)15-4-1-2-5-15/h6-7,10,15-16H,1-5,8-9,11-12,19H2. The predicted octanol–water partition coefficient (Wildman–Crippen LogP) is 2.72. The second kappa shape index (κ2) is 6.75. The number of nitrogens with two attached hydrogens (primary N) is 1. The summed E-state index contributed by atoms with van der Waals surface area (Å²) in [7, 11) is 0. The Morgan fingerprint density at radius 2 is 2.10 bits per heavy atom. The van der Waals surface area contributed by atoms with E-state index in [0.29, 0.717) is 6.04 Å². The number of halogens is 1. The van der Waals surface area contributed by atoms with Gasteiger partial charge in [-0.05, 0) is 50.6 Å². The van der Waals surface area contributed by atoms with Crippen LogP contribution in [0, 0.1) is 5.82 Å². The summed E-state index contributed by atoms with van der Waals surface area (Å²) in [5.41, 5.74) is 6.67. The van der Waals surface area contributed by atoms with Crippen molar-refractivity contribution in [2.24, 2.45) is 5.73 Å². The van der Waals surface area contributed by atoms with Crippen molar-refractivity contribution >= 4 is 0 Å². The van der Waals surface area contributed by atoms with Crippen molar-refractivity contribution in [2.45, 2.75) is 50.7 Å². The molecule has 0 spiro atoms. The average molecular weight is 292 g/mol. The van der Waals surface area contributed by atoms with Gasteiger partial charge < -0.3 is 10.5 Å². The van der Waals surface area contributed by atoms with Crippen LogP contribution in [0.3, 0.4) is 0 Å². The fourth-order valence-electron chi connectivity index (χ4n) is 3.64. The van der Waals surface area contributed by atoms with Gasteiger partial charge in [0.15, 0.2) is 0 Å². The molecule has 0 radical (unpaired) electrons. The second-order valence-electron chi connectivity index (χ2n) is 6.27. The van der Waals surface area contributed by atoms with Gasteiger partial charge in [0.1, 0.15) is 17.7 Å². The van der Waals surface area contributed by atoms with E-state index in [1.54, 1.807) is 12.1 Å². The van der Waals surface area contributed by atoms with Gasteiger partial charge in [-0.15, -0.1) is 0 Å². The quantitative estimate of drug-likeness (QED) is 0.876. The first kappa shape index (κ1) is 14.8. The van der Waals surface area contributed by atoms with Gasteiger partial charge in [0, 0.05) is 24.6 Å². The van der Waals surface area contributed by atoms with E-state index >= 15 is 0 Å². The molecule has 1 heterocycles. The van der Waals surface area contributed by atoms with Crippen LogP contribution in [0.5, 0.6) is 5.75 Å². The van der Waals surface area contributed by atoms with E-state index in [2.05, 4.69) is 4.90 Å². The molecule has 2 aliphatic rings. The summed E-state index contributed by atoms with van der Waals surface area (Å²) in [5.74, 6) is 0.681. The average Bonchev–Trinajstić information content (AvgIpc) is 3.11. The number of nitrogens with zero attached hydrogens (tertiary/aromatic N) is 1. The SMILES string of the molecule is NCCCN(CC1Cc2cc(F)ccc2O1)C1CCCC1. The van der Waals surface area contributed by atoms with Gasteiger partial charge in [0.2, 0.25) is 0 Å². The maximum Gasteiger partial charge on any atom is 0.123 e. The van der Waals surface area contributed by atoms with Gasteiger partial charge >= 0.3 is 0 Å². The molecular weight excluding hydrogens is 267 g/mol. The molecule has 21 heavy (non-hydrogen) atoms. The highest BCUT2D eigenvalue weighted by Gasteiger charge is 2.29. The second-order valence-corrected chi connectivity index (χ2v) is 6.27. The van der Waals surface area contributed by atoms with Crippen LogP contribution in [-0.2, 0) is 6.42 Å². The van der Waals surface area contributed by atoms with Crippen LogP contribution in [0.2, 0.25) is 0 Å². The topological polar surface area (TPSA) is 38.5 Å². The van der Waals surface area contributed by atoms with Crippen LogP contribution in [0.4, 0.5) is 4.39 Å². The Morgan fingerprint density at radius 3 is 2.86 bits per heavy atom. The monoisotopic (exact) mass is 292 g/mol. The minimum Gasteiger partial charge on any atom is -0.488 e. The first-order chi connectivity index (χ1) is 10.3. The lowest BCUT2D eigenvalue weighted by Gasteiger charge is -2.30. The van der Waals surface area contributed by atoms with Crippen LogP contribution in [0.25, 0.3) is 0 Å². The maximum absolute atomic E-state index is 13.3. The summed E-state index contributed by atoms with van der Waals surface area (Å²) in [6, 6.07) is 5.52. The summed E-state index contributed by atoms with van der Waals surface area (Å²) < 4.78 is 19.3. The molecule has 4 heteroatoms. The van der Waals surface area contributed by atoms with Gasteiger partial charge in [-0.25, -0.2) is 4.39 Å². The fourth-order valence-corrected chi connectivity index (χ4v) is 3.64. The summed E-state index contributed by atoms with van der Waals surface area (Å²) >= 11 is 0. The molecule has 116 valence electrons. The largest absolute Gasteiger partial charge is 0.488 e. The van der Waals surface area contributed by atoms with Crippen LogP contribution >= 0.6 is 0 Å². The third kappa shape index (κ3) is 3.55. The molecule has 1 unspecified atom stereocenters. The lowest BCUT2D eigenvalue weighted by molar-refractivity contribution is 0.116. The van der Waals surface area contributed by atoms with Crippen LogP contribution in [0.1, 0.15) is 37.7 Å². The Hall–Kier alpha value is -1.13. The predicted molar refractivity (Wildman–Crippen MR) is 82.0 cm³/mol. The minimum absolute atomic E-state index is 0.153. The third-order valence-corrected chi connectivity index (χ3v) is 4.69. The summed E-state index contributed by atoms with van der Waals surface area (Å²) in [6.07, 6.45) is 7.25. The molecule has 1 aliphatic carbocycles. The van der Waals surface area contributed by atoms with Gasteiger partial charge in [-0.3, -0.25) is 4.90 Å². The molecule has 1 aromatic carbocycles. The molecule has 1 aliphatic heterocycles. The molecule has 0 bridgehead atoms. The molecule has 1 fully saturated rings. The molecular formula is C17H25FN2O. The molecule has 0 saturated heterocycles. The van der Waals surface area contributed by atoms with Gasteiger partial charge in [-0.1, -0.05) is 12.8 Å². The molecule has 3 rings (SSSR count). The molecule has 1 aromatic rings. The molecule has 2 N–H and O–H groups in total. The van der Waals surface area contributed by atoms with Crippen molar-refractivity contribution in [2.75, 3.05) is 19.6 Å². The lowest BCUT2D eigenvalue weighted by atomic mass is 10.1. The van der Waals surface area contributed by atoms with Gasteiger partial charge in [0.25, 0.3) is 0 Å². The number of fused-ring (bicyclic) bond motifs is 1. The zero-order valence-electron chi connectivity index (χ0n) is 12.6.